The zero-order chi connectivity index (χ0) is 16.2. The average Bonchev–Trinajstić information content (AvgIpc) is 3.01. The molecule has 1 aliphatic rings. The first-order valence-corrected chi connectivity index (χ1v) is 7.58. The van der Waals surface area contributed by atoms with E-state index >= 15 is 0 Å². The molecule has 0 radical (unpaired) electrons. The highest BCUT2D eigenvalue weighted by Gasteiger charge is 2.13. The van der Waals surface area contributed by atoms with Gasteiger partial charge in [0.1, 0.15) is 0 Å². The van der Waals surface area contributed by atoms with E-state index in [2.05, 4.69) is 24.5 Å². The van der Waals surface area contributed by atoms with Crippen molar-refractivity contribution in [1.82, 2.24) is 5.32 Å². The van der Waals surface area contributed by atoms with Crippen molar-refractivity contribution >= 4 is 11.6 Å². The van der Waals surface area contributed by atoms with E-state index in [0.29, 0.717) is 6.54 Å². The minimum absolute atomic E-state index is 0.0547. The van der Waals surface area contributed by atoms with Gasteiger partial charge in [0.05, 0.1) is 6.54 Å². The minimum Gasteiger partial charge on any atom is -0.454 e. The third-order valence-corrected chi connectivity index (χ3v) is 3.89. The molecule has 2 aromatic carbocycles. The maximum absolute atomic E-state index is 11.9. The van der Waals surface area contributed by atoms with Crippen LogP contribution >= 0.6 is 0 Å². The van der Waals surface area contributed by atoms with Gasteiger partial charge in [0.2, 0.25) is 12.7 Å². The van der Waals surface area contributed by atoms with E-state index in [1.54, 1.807) is 0 Å². The van der Waals surface area contributed by atoms with Crippen LogP contribution in [0.3, 0.4) is 0 Å². The Labute approximate surface area is 135 Å². The lowest BCUT2D eigenvalue weighted by Crippen LogP contribution is -2.29. The molecule has 0 saturated heterocycles. The molecule has 3 rings (SSSR count). The number of benzene rings is 2. The second-order valence-corrected chi connectivity index (χ2v) is 5.62. The third kappa shape index (κ3) is 3.74. The summed E-state index contributed by atoms with van der Waals surface area (Å²) >= 11 is 0. The van der Waals surface area contributed by atoms with Crippen molar-refractivity contribution < 1.29 is 14.3 Å². The van der Waals surface area contributed by atoms with E-state index in [-0.39, 0.29) is 19.2 Å². The van der Waals surface area contributed by atoms with E-state index < -0.39 is 0 Å². The Morgan fingerprint density at radius 1 is 1.04 bits per heavy atom. The van der Waals surface area contributed by atoms with Crippen molar-refractivity contribution in [2.24, 2.45) is 0 Å². The molecule has 1 heterocycles. The Morgan fingerprint density at radius 3 is 2.70 bits per heavy atom. The summed E-state index contributed by atoms with van der Waals surface area (Å²) < 4.78 is 10.6. The summed E-state index contributed by atoms with van der Waals surface area (Å²) in [6, 6.07) is 11.7. The molecule has 0 aromatic heterocycles. The Balaban J connectivity index is 1.48. The summed E-state index contributed by atoms with van der Waals surface area (Å²) in [7, 11) is 0. The molecule has 0 spiro atoms. The van der Waals surface area contributed by atoms with Crippen LogP contribution < -0.4 is 20.1 Å². The Kier molecular flexibility index (Phi) is 4.37. The zero-order valence-electron chi connectivity index (χ0n) is 13.3. The SMILES string of the molecule is Cc1ccc(NCC(=O)NCc2ccc3c(c2)OCO3)cc1C. The number of amides is 1. The molecule has 5 nitrogen and oxygen atoms in total. The quantitative estimate of drug-likeness (QED) is 0.891. The smallest absolute Gasteiger partial charge is 0.239 e. The van der Waals surface area contributed by atoms with E-state index in [1.165, 1.54) is 11.1 Å². The molecular formula is C18H20N2O3. The number of ether oxygens (including phenoxy) is 2. The number of nitrogens with one attached hydrogen (secondary N) is 2. The first kappa shape index (κ1) is 15.2. The molecule has 0 aliphatic carbocycles. The van der Waals surface area contributed by atoms with Crippen molar-refractivity contribution in [3.05, 3.63) is 53.1 Å². The average molecular weight is 312 g/mol. The molecule has 120 valence electrons. The molecular weight excluding hydrogens is 292 g/mol. The monoisotopic (exact) mass is 312 g/mol. The van der Waals surface area contributed by atoms with Crippen molar-refractivity contribution in [2.75, 3.05) is 18.7 Å². The number of anilines is 1. The maximum Gasteiger partial charge on any atom is 0.239 e. The molecule has 2 aromatic rings. The summed E-state index contributed by atoms with van der Waals surface area (Å²) in [6.07, 6.45) is 0. The predicted molar refractivity (Wildman–Crippen MR) is 88.8 cm³/mol. The molecule has 0 unspecified atom stereocenters. The first-order chi connectivity index (χ1) is 11.1. The first-order valence-electron chi connectivity index (χ1n) is 7.58. The van der Waals surface area contributed by atoms with Crippen LogP contribution in [-0.2, 0) is 11.3 Å². The lowest BCUT2D eigenvalue weighted by Gasteiger charge is -2.10. The largest absolute Gasteiger partial charge is 0.454 e. The molecule has 2 N–H and O–H groups in total. The van der Waals surface area contributed by atoms with Crippen molar-refractivity contribution in [2.45, 2.75) is 20.4 Å². The highest BCUT2D eigenvalue weighted by molar-refractivity contribution is 5.80. The van der Waals surface area contributed by atoms with Gasteiger partial charge in [0, 0.05) is 12.2 Å². The molecule has 0 bridgehead atoms. The van der Waals surface area contributed by atoms with Crippen molar-refractivity contribution in [3.63, 3.8) is 0 Å². The van der Waals surface area contributed by atoms with Gasteiger partial charge in [-0.1, -0.05) is 12.1 Å². The second-order valence-electron chi connectivity index (χ2n) is 5.62. The number of carbonyl (C=O) groups is 1. The number of carbonyl (C=O) groups excluding carboxylic acids is 1. The summed E-state index contributed by atoms with van der Waals surface area (Å²) in [5.74, 6) is 1.42. The molecule has 23 heavy (non-hydrogen) atoms. The molecule has 5 heteroatoms. The number of rotatable bonds is 5. The lowest BCUT2D eigenvalue weighted by atomic mass is 10.1. The molecule has 0 fully saturated rings. The second kappa shape index (κ2) is 6.60. The fourth-order valence-corrected chi connectivity index (χ4v) is 2.35. The minimum atomic E-state index is -0.0547. The van der Waals surface area contributed by atoms with Gasteiger partial charge in [-0.3, -0.25) is 4.79 Å². The van der Waals surface area contributed by atoms with Gasteiger partial charge < -0.3 is 20.1 Å². The van der Waals surface area contributed by atoms with Gasteiger partial charge in [-0.15, -0.1) is 0 Å². The number of fused-ring (bicyclic) bond motifs is 1. The van der Waals surface area contributed by atoms with Crippen LogP contribution in [0, 0.1) is 13.8 Å². The summed E-state index contributed by atoms with van der Waals surface area (Å²) in [5.41, 5.74) is 4.37. The Morgan fingerprint density at radius 2 is 1.87 bits per heavy atom. The molecule has 1 aliphatic heterocycles. The van der Waals surface area contributed by atoms with Crippen LogP contribution in [-0.4, -0.2) is 19.2 Å². The zero-order valence-corrected chi connectivity index (χ0v) is 13.3. The van der Waals surface area contributed by atoms with Crippen LogP contribution in [0.15, 0.2) is 36.4 Å². The molecule has 0 saturated carbocycles. The van der Waals surface area contributed by atoms with Gasteiger partial charge in [0.25, 0.3) is 0 Å². The summed E-state index contributed by atoms with van der Waals surface area (Å²) in [5, 5.41) is 6.02. The summed E-state index contributed by atoms with van der Waals surface area (Å²) in [6.45, 7) is 5.08. The van der Waals surface area contributed by atoms with Crippen LogP contribution in [0.5, 0.6) is 11.5 Å². The Hall–Kier alpha value is -2.69. The number of aryl methyl sites for hydroxylation is 2. The predicted octanol–water partition coefficient (Wildman–Crippen LogP) is 2.76. The van der Waals surface area contributed by atoms with E-state index in [1.807, 2.05) is 36.4 Å². The van der Waals surface area contributed by atoms with Gasteiger partial charge in [-0.2, -0.15) is 0 Å². The molecule has 0 atom stereocenters. The van der Waals surface area contributed by atoms with Crippen molar-refractivity contribution in [3.8, 4) is 11.5 Å². The van der Waals surface area contributed by atoms with Gasteiger partial charge in [-0.25, -0.2) is 0 Å². The van der Waals surface area contributed by atoms with Crippen LogP contribution in [0.2, 0.25) is 0 Å². The topological polar surface area (TPSA) is 59.6 Å². The van der Waals surface area contributed by atoms with Gasteiger partial charge in [0.15, 0.2) is 11.5 Å². The van der Waals surface area contributed by atoms with Crippen molar-refractivity contribution in [1.29, 1.82) is 0 Å². The standard InChI is InChI=1S/C18H20N2O3/c1-12-3-5-15(7-13(12)2)19-10-18(21)20-9-14-4-6-16-17(8-14)23-11-22-16/h3-8,19H,9-11H2,1-2H3,(H,20,21). The third-order valence-electron chi connectivity index (χ3n) is 3.89. The lowest BCUT2D eigenvalue weighted by molar-refractivity contribution is -0.119. The highest BCUT2D eigenvalue weighted by atomic mass is 16.7. The van der Waals surface area contributed by atoms with Crippen LogP contribution in [0.1, 0.15) is 16.7 Å². The fraction of sp³-hybridized carbons (Fsp3) is 0.278. The fourth-order valence-electron chi connectivity index (χ4n) is 2.35. The number of hydrogen-bond donors (Lipinski definition) is 2. The van der Waals surface area contributed by atoms with Gasteiger partial charge >= 0.3 is 0 Å². The highest BCUT2D eigenvalue weighted by Crippen LogP contribution is 2.32. The Bertz CT molecular complexity index is 728. The van der Waals surface area contributed by atoms with Crippen LogP contribution in [0.25, 0.3) is 0 Å². The van der Waals surface area contributed by atoms with Gasteiger partial charge in [-0.05, 0) is 54.8 Å². The normalized spacial score (nSPS) is 12.1. The van der Waals surface area contributed by atoms with Crippen LogP contribution in [0.4, 0.5) is 5.69 Å². The number of hydrogen-bond acceptors (Lipinski definition) is 4. The van der Waals surface area contributed by atoms with E-state index in [9.17, 15) is 4.79 Å². The van der Waals surface area contributed by atoms with E-state index in [4.69, 9.17) is 9.47 Å². The molecule has 1 amide bonds. The van der Waals surface area contributed by atoms with E-state index in [0.717, 1.165) is 22.7 Å². The maximum atomic E-state index is 11.9. The summed E-state index contributed by atoms with van der Waals surface area (Å²) in [4.78, 5) is 11.9.